The van der Waals surface area contributed by atoms with Gasteiger partial charge in [-0.3, -0.25) is 15.1 Å². The minimum Gasteiger partial charge on any atom is -0.502 e. The Morgan fingerprint density at radius 1 is 1.11 bits per heavy atom. The Morgan fingerprint density at radius 3 is 2.50 bits per heavy atom. The predicted molar refractivity (Wildman–Crippen MR) is 68.5 cm³/mol. The number of phenolic OH excluding ortho intramolecular Hbond substituents is 1. The van der Waals surface area contributed by atoms with Gasteiger partial charge in [0.15, 0.2) is 0 Å². The molecule has 0 atom stereocenters. The Morgan fingerprint density at radius 2 is 1.83 bits per heavy atom. The molecule has 0 aliphatic heterocycles. The molecule has 0 amide bonds. The average molecular weight is 242 g/mol. The first kappa shape index (κ1) is 11.8. The van der Waals surface area contributed by atoms with Crippen LogP contribution in [0.4, 0.5) is 11.4 Å². The van der Waals surface area contributed by atoms with Crippen molar-refractivity contribution in [1.29, 1.82) is 0 Å². The Kier molecular flexibility index (Phi) is 3.33. The number of benzene rings is 2. The quantitative estimate of drug-likeness (QED) is 0.510. The van der Waals surface area contributed by atoms with E-state index in [4.69, 9.17) is 0 Å². The van der Waals surface area contributed by atoms with E-state index in [-0.39, 0.29) is 11.4 Å². The van der Waals surface area contributed by atoms with E-state index in [1.54, 1.807) is 18.2 Å². The summed E-state index contributed by atoms with van der Waals surface area (Å²) in [5.41, 5.74) is 0.698. The van der Waals surface area contributed by atoms with Gasteiger partial charge < -0.3 is 5.11 Å². The van der Waals surface area contributed by atoms with Crippen molar-refractivity contribution in [2.45, 2.75) is 0 Å². The van der Waals surface area contributed by atoms with Gasteiger partial charge in [-0.05, 0) is 18.2 Å². The molecule has 0 radical (unpaired) electrons. The molecule has 0 fully saturated rings. The van der Waals surface area contributed by atoms with E-state index in [9.17, 15) is 15.2 Å². The normalized spacial score (nSPS) is 10.7. The second-order valence-corrected chi connectivity index (χ2v) is 3.57. The van der Waals surface area contributed by atoms with E-state index in [0.29, 0.717) is 11.3 Å². The molecule has 0 aliphatic carbocycles. The van der Waals surface area contributed by atoms with E-state index in [1.807, 2.05) is 18.2 Å². The summed E-state index contributed by atoms with van der Waals surface area (Å²) >= 11 is 0. The summed E-state index contributed by atoms with van der Waals surface area (Å²) in [5.74, 6) is -0.373. The van der Waals surface area contributed by atoms with Crippen LogP contribution < -0.4 is 0 Å². The molecule has 90 valence electrons. The molecule has 5 nitrogen and oxygen atoms in total. The van der Waals surface area contributed by atoms with Gasteiger partial charge in [-0.25, -0.2) is 0 Å². The molecule has 0 aliphatic rings. The lowest BCUT2D eigenvalue weighted by Crippen LogP contribution is -1.91. The maximum absolute atomic E-state index is 10.6. The molecule has 5 heteroatoms. The fraction of sp³-hybridized carbons (Fsp3) is 0. The zero-order valence-corrected chi connectivity index (χ0v) is 9.35. The summed E-state index contributed by atoms with van der Waals surface area (Å²) in [6.45, 7) is 0. The monoisotopic (exact) mass is 242 g/mol. The largest absolute Gasteiger partial charge is 0.502 e. The molecule has 2 aromatic rings. The van der Waals surface area contributed by atoms with E-state index >= 15 is 0 Å². The zero-order chi connectivity index (χ0) is 13.0. The lowest BCUT2D eigenvalue weighted by Gasteiger charge is -1.99. The van der Waals surface area contributed by atoms with Crippen LogP contribution in [0, 0.1) is 10.1 Å². The van der Waals surface area contributed by atoms with Gasteiger partial charge in [0, 0.05) is 17.8 Å². The van der Waals surface area contributed by atoms with E-state index in [2.05, 4.69) is 4.99 Å². The van der Waals surface area contributed by atoms with E-state index in [1.165, 1.54) is 18.3 Å². The number of aliphatic imine (C=N–C) groups is 1. The Labute approximate surface area is 103 Å². The van der Waals surface area contributed by atoms with Gasteiger partial charge >= 0.3 is 5.69 Å². The van der Waals surface area contributed by atoms with Crippen molar-refractivity contribution in [3.8, 4) is 5.75 Å². The Balaban J connectivity index is 2.33. The van der Waals surface area contributed by atoms with Crippen LogP contribution in [0.5, 0.6) is 5.75 Å². The van der Waals surface area contributed by atoms with Crippen LogP contribution in [0.25, 0.3) is 0 Å². The Hall–Kier alpha value is -2.69. The third kappa shape index (κ3) is 2.52. The van der Waals surface area contributed by atoms with Gasteiger partial charge in [0.2, 0.25) is 5.75 Å². The van der Waals surface area contributed by atoms with Gasteiger partial charge in [-0.15, -0.1) is 0 Å². The molecule has 0 unspecified atom stereocenters. The fourth-order valence-corrected chi connectivity index (χ4v) is 1.46. The molecule has 1 N–H and O–H groups in total. The fourth-order valence-electron chi connectivity index (χ4n) is 1.46. The number of rotatable bonds is 3. The van der Waals surface area contributed by atoms with Crippen LogP contribution in [-0.4, -0.2) is 16.2 Å². The molecule has 0 bridgehead atoms. The second-order valence-electron chi connectivity index (χ2n) is 3.57. The smallest absolute Gasteiger partial charge is 0.311 e. The maximum atomic E-state index is 10.6. The summed E-state index contributed by atoms with van der Waals surface area (Å²) in [4.78, 5) is 14.1. The summed E-state index contributed by atoms with van der Waals surface area (Å²) in [5, 5.41) is 20.4. The van der Waals surface area contributed by atoms with Crippen LogP contribution in [0.1, 0.15) is 5.56 Å². The third-order valence-electron chi connectivity index (χ3n) is 2.35. The maximum Gasteiger partial charge on any atom is 0.311 e. The highest BCUT2D eigenvalue weighted by atomic mass is 16.6. The number of hydrogen-bond donors (Lipinski definition) is 1. The molecule has 0 heterocycles. The van der Waals surface area contributed by atoms with Gasteiger partial charge in [-0.2, -0.15) is 0 Å². The van der Waals surface area contributed by atoms with Crippen LogP contribution in [0.2, 0.25) is 0 Å². The van der Waals surface area contributed by atoms with Crippen molar-refractivity contribution in [3.63, 3.8) is 0 Å². The number of nitrogens with zero attached hydrogens (tertiary/aromatic N) is 2. The lowest BCUT2D eigenvalue weighted by molar-refractivity contribution is -0.385. The Bertz CT molecular complexity index is 594. The zero-order valence-electron chi connectivity index (χ0n) is 9.35. The predicted octanol–water partition coefficient (Wildman–Crippen LogP) is 3.05. The van der Waals surface area contributed by atoms with Gasteiger partial charge in [0.25, 0.3) is 0 Å². The first-order chi connectivity index (χ1) is 8.68. The van der Waals surface area contributed by atoms with Crippen molar-refractivity contribution >= 4 is 17.6 Å². The first-order valence-corrected chi connectivity index (χ1v) is 5.24. The number of hydrogen-bond acceptors (Lipinski definition) is 4. The molecule has 0 aromatic heterocycles. The summed E-state index contributed by atoms with van der Waals surface area (Å²) in [6, 6.07) is 13.4. The average Bonchev–Trinajstić information content (AvgIpc) is 2.38. The molecule has 0 saturated carbocycles. The topological polar surface area (TPSA) is 75.7 Å². The second kappa shape index (κ2) is 5.09. The van der Waals surface area contributed by atoms with Gasteiger partial charge in [0.1, 0.15) is 0 Å². The number of aromatic hydroxyl groups is 1. The first-order valence-electron chi connectivity index (χ1n) is 5.24. The minimum absolute atomic E-state index is 0.313. The summed E-state index contributed by atoms with van der Waals surface area (Å²) in [7, 11) is 0. The van der Waals surface area contributed by atoms with Crippen LogP contribution in [-0.2, 0) is 0 Å². The number of nitro groups is 1. The highest BCUT2D eigenvalue weighted by Gasteiger charge is 2.14. The number of phenols is 1. The van der Waals surface area contributed by atoms with E-state index < -0.39 is 4.92 Å². The molecular weight excluding hydrogens is 232 g/mol. The van der Waals surface area contributed by atoms with Crippen molar-refractivity contribution in [3.05, 3.63) is 64.2 Å². The molecule has 2 aromatic carbocycles. The highest BCUT2D eigenvalue weighted by molar-refractivity contribution is 5.87. The highest BCUT2D eigenvalue weighted by Crippen LogP contribution is 2.28. The van der Waals surface area contributed by atoms with Crippen LogP contribution >= 0.6 is 0 Å². The molecular formula is C13H10N2O3. The number of para-hydroxylation sites is 2. The van der Waals surface area contributed by atoms with Crippen molar-refractivity contribution in [1.82, 2.24) is 0 Å². The standard InChI is InChI=1S/C13H10N2O3/c16-13-10(5-4-8-12(13)15(17)18)9-14-11-6-2-1-3-7-11/h1-9,16H. The molecule has 2 rings (SSSR count). The molecule has 0 spiro atoms. The van der Waals surface area contributed by atoms with Crippen LogP contribution in [0.3, 0.4) is 0 Å². The van der Waals surface area contributed by atoms with Crippen LogP contribution in [0.15, 0.2) is 53.5 Å². The van der Waals surface area contributed by atoms with Crippen molar-refractivity contribution in [2.75, 3.05) is 0 Å². The van der Waals surface area contributed by atoms with Crippen molar-refractivity contribution < 1.29 is 10.0 Å². The number of nitro benzene ring substituents is 1. The van der Waals surface area contributed by atoms with Gasteiger partial charge in [-0.1, -0.05) is 24.3 Å². The summed E-state index contributed by atoms with van der Waals surface area (Å²) in [6.07, 6.45) is 1.40. The molecule has 18 heavy (non-hydrogen) atoms. The minimum atomic E-state index is -0.630. The van der Waals surface area contributed by atoms with Crippen molar-refractivity contribution in [2.24, 2.45) is 4.99 Å². The molecule has 0 saturated heterocycles. The van der Waals surface area contributed by atoms with Gasteiger partial charge in [0.05, 0.1) is 10.6 Å². The SMILES string of the molecule is O=[N+]([O-])c1cccc(C=Nc2ccccc2)c1O. The lowest BCUT2D eigenvalue weighted by atomic mass is 10.2. The summed E-state index contributed by atoms with van der Waals surface area (Å²) < 4.78 is 0. The third-order valence-corrected chi connectivity index (χ3v) is 2.35. The van der Waals surface area contributed by atoms with E-state index in [0.717, 1.165) is 0 Å².